The molecule has 0 amide bonds. The van der Waals surface area contributed by atoms with Crippen LogP contribution in [0.2, 0.25) is 5.02 Å². The van der Waals surface area contributed by atoms with Gasteiger partial charge in [0.05, 0.1) is 17.0 Å². The monoisotopic (exact) mass is 358 g/mol. The fraction of sp³-hybridized carbons (Fsp3) is 0.300. The van der Waals surface area contributed by atoms with Crippen LogP contribution in [0.15, 0.2) is 41.4 Å². The van der Waals surface area contributed by atoms with Crippen LogP contribution in [-0.4, -0.2) is 37.2 Å². The minimum atomic E-state index is -0.109. The van der Waals surface area contributed by atoms with E-state index >= 15 is 0 Å². The molecule has 2 rings (SSSR count). The average molecular weight is 359 g/mol. The predicted octanol–water partition coefficient (Wildman–Crippen LogP) is 4.83. The highest BCUT2D eigenvalue weighted by molar-refractivity contribution is 6.33. The molecular formula is C20H23ClN2O2. The first-order chi connectivity index (χ1) is 11.9. The Balaban J connectivity index is 2.12. The van der Waals surface area contributed by atoms with Crippen molar-refractivity contribution in [2.45, 2.75) is 20.8 Å². The van der Waals surface area contributed by atoms with Crippen LogP contribution >= 0.6 is 11.6 Å². The molecule has 2 aromatic carbocycles. The van der Waals surface area contributed by atoms with E-state index in [2.05, 4.69) is 4.99 Å². The zero-order valence-corrected chi connectivity index (χ0v) is 15.8. The molecule has 0 aliphatic heterocycles. The molecule has 5 heteroatoms. The van der Waals surface area contributed by atoms with Crippen molar-refractivity contribution in [1.82, 2.24) is 4.90 Å². The Morgan fingerprint density at radius 1 is 1.28 bits per heavy atom. The molecule has 0 spiro atoms. The highest BCUT2D eigenvalue weighted by Crippen LogP contribution is 2.28. The molecule has 0 atom stereocenters. The molecule has 2 aromatic rings. The molecule has 132 valence electrons. The van der Waals surface area contributed by atoms with E-state index in [4.69, 9.17) is 16.3 Å². The SMILES string of the molecule is CCN(C)C=Nc1cc(C)c(C(=O)COc2cccc(C)c2)cc1Cl. The highest BCUT2D eigenvalue weighted by Gasteiger charge is 2.13. The molecule has 0 aromatic heterocycles. The summed E-state index contributed by atoms with van der Waals surface area (Å²) in [5, 5.41) is 0.449. The van der Waals surface area contributed by atoms with Gasteiger partial charge in [0.25, 0.3) is 0 Å². The van der Waals surface area contributed by atoms with Crippen molar-refractivity contribution in [3.8, 4) is 5.75 Å². The lowest BCUT2D eigenvalue weighted by atomic mass is 10.0. The number of halogens is 1. The first-order valence-electron chi connectivity index (χ1n) is 8.18. The van der Waals surface area contributed by atoms with Crippen molar-refractivity contribution in [3.05, 3.63) is 58.1 Å². The van der Waals surface area contributed by atoms with E-state index in [1.807, 2.05) is 63.1 Å². The molecule has 0 aliphatic rings. The van der Waals surface area contributed by atoms with Crippen molar-refractivity contribution >= 4 is 29.4 Å². The maximum absolute atomic E-state index is 12.5. The number of aryl methyl sites for hydroxylation is 2. The first kappa shape index (κ1) is 19.0. The summed E-state index contributed by atoms with van der Waals surface area (Å²) in [6.07, 6.45) is 1.73. The summed E-state index contributed by atoms with van der Waals surface area (Å²) in [6, 6.07) is 11.1. The fourth-order valence-corrected chi connectivity index (χ4v) is 2.45. The largest absolute Gasteiger partial charge is 0.485 e. The minimum Gasteiger partial charge on any atom is -0.485 e. The van der Waals surface area contributed by atoms with Gasteiger partial charge in [-0.15, -0.1) is 0 Å². The maximum Gasteiger partial charge on any atom is 0.200 e. The Kier molecular flexibility index (Phi) is 6.59. The standard InChI is InChI=1S/C20H23ClN2O2/c1-5-23(4)13-22-19-10-15(3)17(11-18(19)21)20(24)12-25-16-8-6-7-14(2)9-16/h6-11,13H,5,12H2,1-4H3. The van der Waals surface area contributed by atoms with Gasteiger partial charge in [-0.1, -0.05) is 23.7 Å². The summed E-state index contributed by atoms with van der Waals surface area (Å²) in [7, 11) is 1.94. The molecule has 25 heavy (non-hydrogen) atoms. The number of ketones is 1. The Morgan fingerprint density at radius 2 is 2.04 bits per heavy atom. The molecule has 0 saturated carbocycles. The minimum absolute atomic E-state index is 0.0260. The summed E-state index contributed by atoms with van der Waals surface area (Å²) in [5.74, 6) is 0.572. The smallest absolute Gasteiger partial charge is 0.200 e. The van der Waals surface area contributed by atoms with Crippen LogP contribution in [0.4, 0.5) is 5.69 Å². The highest BCUT2D eigenvalue weighted by atomic mass is 35.5. The van der Waals surface area contributed by atoms with Crippen molar-refractivity contribution in [2.24, 2.45) is 4.99 Å². The van der Waals surface area contributed by atoms with Crippen molar-refractivity contribution in [3.63, 3.8) is 0 Å². The van der Waals surface area contributed by atoms with Gasteiger partial charge in [-0.3, -0.25) is 4.79 Å². The molecular weight excluding hydrogens is 336 g/mol. The lowest BCUT2D eigenvalue weighted by molar-refractivity contribution is 0.0921. The Labute approximate surface area is 154 Å². The fourth-order valence-electron chi connectivity index (χ4n) is 2.24. The molecule has 4 nitrogen and oxygen atoms in total. The van der Waals surface area contributed by atoms with Crippen LogP contribution in [0.5, 0.6) is 5.75 Å². The number of carbonyl (C=O) groups is 1. The molecule has 0 saturated heterocycles. The predicted molar refractivity (Wildman–Crippen MR) is 104 cm³/mol. The third kappa shape index (κ3) is 5.33. The van der Waals surface area contributed by atoms with Crippen LogP contribution in [-0.2, 0) is 0 Å². The van der Waals surface area contributed by atoms with Gasteiger partial charge in [0.2, 0.25) is 5.78 Å². The summed E-state index contributed by atoms with van der Waals surface area (Å²) in [4.78, 5) is 18.8. The van der Waals surface area contributed by atoms with E-state index in [0.29, 0.717) is 22.0 Å². The van der Waals surface area contributed by atoms with Crippen LogP contribution in [0, 0.1) is 13.8 Å². The summed E-state index contributed by atoms with van der Waals surface area (Å²) < 4.78 is 5.59. The number of benzene rings is 2. The number of Topliss-reactive ketones (excluding diaryl/α,β-unsaturated/α-hetero) is 1. The number of hydrogen-bond acceptors (Lipinski definition) is 3. The van der Waals surface area contributed by atoms with Crippen molar-refractivity contribution < 1.29 is 9.53 Å². The van der Waals surface area contributed by atoms with Gasteiger partial charge in [-0.2, -0.15) is 0 Å². The number of carbonyl (C=O) groups excluding carboxylic acids is 1. The molecule has 0 bridgehead atoms. The number of rotatable bonds is 7. The normalized spacial score (nSPS) is 10.9. The van der Waals surface area contributed by atoms with Crippen LogP contribution in [0.1, 0.15) is 28.4 Å². The Hall–Kier alpha value is -2.33. The van der Waals surface area contributed by atoms with Gasteiger partial charge in [-0.25, -0.2) is 4.99 Å². The third-order valence-electron chi connectivity index (χ3n) is 3.85. The molecule has 0 unspecified atom stereocenters. The van der Waals surface area contributed by atoms with E-state index < -0.39 is 0 Å². The topological polar surface area (TPSA) is 41.9 Å². The Morgan fingerprint density at radius 3 is 2.72 bits per heavy atom. The van der Waals surface area contributed by atoms with Gasteiger partial charge in [-0.05, 0) is 56.2 Å². The number of nitrogens with zero attached hydrogens (tertiary/aromatic N) is 2. The molecule has 0 radical (unpaired) electrons. The van der Waals surface area contributed by atoms with Crippen LogP contribution in [0.25, 0.3) is 0 Å². The first-order valence-corrected chi connectivity index (χ1v) is 8.55. The molecule has 0 aliphatic carbocycles. The van der Waals surface area contributed by atoms with Crippen LogP contribution < -0.4 is 4.74 Å². The number of hydrogen-bond donors (Lipinski definition) is 0. The second kappa shape index (κ2) is 8.67. The molecule has 0 heterocycles. The van der Waals surface area contributed by atoms with E-state index in [1.54, 1.807) is 12.4 Å². The third-order valence-corrected chi connectivity index (χ3v) is 4.15. The number of ether oxygens (including phenoxy) is 1. The zero-order chi connectivity index (χ0) is 18.4. The second-order valence-corrected chi connectivity index (χ2v) is 6.37. The summed E-state index contributed by atoms with van der Waals surface area (Å²) in [6.45, 7) is 6.72. The zero-order valence-electron chi connectivity index (χ0n) is 15.0. The quantitative estimate of drug-likeness (QED) is 0.404. The molecule has 0 N–H and O–H groups in total. The van der Waals surface area contributed by atoms with Crippen LogP contribution in [0.3, 0.4) is 0 Å². The van der Waals surface area contributed by atoms with Gasteiger partial charge < -0.3 is 9.64 Å². The average Bonchev–Trinajstić information content (AvgIpc) is 2.59. The number of aliphatic imine (C=N–C) groups is 1. The Bertz CT molecular complexity index is 787. The maximum atomic E-state index is 12.5. The van der Waals surface area contributed by atoms with Gasteiger partial charge >= 0.3 is 0 Å². The van der Waals surface area contributed by atoms with E-state index in [0.717, 1.165) is 17.7 Å². The van der Waals surface area contributed by atoms with Gasteiger partial charge in [0.1, 0.15) is 5.75 Å². The molecule has 0 fully saturated rings. The summed E-state index contributed by atoms with van der Waals surface area (Å²) in [5.41, 5.74) is 3.12. The van der Waals surface area contributed by atoms with Gasteiger partial charge in [0.15, 0.2) is 6.61 Å². The van der Waals surface area contributed by atoms with Crippen molar-refractivity contribution in [2.75, 3.05) is 20.2 Å². The van der Waals surface area contributed by atoms with Gasteiger partial charge in [0, 0.05) is 19.2 Å². The van der Waals surface area contributed by atoms with E-state index in [1.165, 1.54) is 0 Å². The lowest BCUT2D eigenvalue weighted by Crippen LogP contribution is -2.14. The van der Waals surface area contributed by atoms with E-state index in [9.17, 15) is 4.79 Å². The van der Waals surface area contributed by atoms with E-state index in [-0.39, 0.29) is 12.4 Å². The second-order valence-electron chi connectivity index (χ2n) is 5.96. The van der Waals surface area contributed by atoms with Crippen molar-refractivity contribution in [1.29, 1.82) is 0 Å². The lowest BCUT2D eigenvalue weighted by Gasteiger charge is -2.11. The summed E-state index contributed by atoms with van der Waals surface area (Å²) >= 11 is 6.28.